The fourth-order valence-corrected chi connectivity index (χ4v) is 2.20. The van der Waals surface area contributed by atoms with Crippen molar-refractivity contribution in [3.8, 4) is 0 Å². The van der Waals surface area contributed by atoms with Crippen LogP contribution in [0.4, 0.5) is 25.0 Å². The zero-order valence-corrected chi connectivity index (χ0v) is 12.5. The predicted octanol–water partition coefficient (Wildman–Crippen LogP) is 2.93. The maximum absolute atomic E-state index is 13.6. The number of amides is 2. The van der Waals surface area contributed by atoms with Gasteiger partial charge in [-0.1, -0.05) is 6.07 Å². The Morgan fingerprint density at radius 3 is 2.71 bits per heavy atom. The number of pyridine rings is 1. The third-order valence-electron chi connectivity index (χ3n) is 3.33. The molecule has 0 aliphatic heterocycles. The van der Waals surface area contributed by atoms with Crippen LogP contribution in [0.25, 0.3) is 5.65 Å². The number of aryl methyl sites for hydroxylation is 1. The Balaban J connectivity index is 1.89. The van der Waals surface area contributed by atoms with Crippen molar-refractivity contribution in [2.45, 2.75) is 6.92 Å². The van der Waals surface area contributed by atoms with Crippen LogP contribution in [0.5, 0.6) is 0 Å². The molecular formula is C16H12F2N4O2. The summed E-state index contributed by atoms with van der Waals surface area (Å²) in [5, 5.41) is 4.58. The molecule has 0 aliphatic carbocycles. The third kappa shape index (κ3) is 2.94. The molecule has 0 atom stereocenters. The van der Waals surface area contributed by atoms with Gasteiger partial charge in [-0.2, -0.15) is 0 Å². The van der Waals surface area contributed by atoms with Crippen LogP contribution in [0.15, 0.2) is 47.4 Å². The number of carbonyl (C=O) groups excluding carboxylic acids is 1. The van der Waals surface area contributed by atoms with Crippen LogP contribution in [-0.4, -0.2) is 15.4 Å². The number of halogens is 2. The van der Waals surface area contributed by atoms with Crippen LogP contribution < -0.4 is 16.2 Å². The molecule has 3 rings (SSSR count). The molecule has 2 aromatic heterocycles. The van der Waals surface area contributed by atoms with Crippen LogP contribution in [0.1, 0.15) is 5.69 Å². The maximum atomic E-state index is 13.6. The molecular weight excluding hydrogens is 318 g/mol. The van der Waals surface area contributed by atoms with Gasteiger partial charge in [-0.15, -0.1) is 0 Å². The van der Waals surface area contributed by atoms with E-state index in [-0.39, 0.29) is 11.4 Å². The molecule has 0 bridgehead atoms. The lowest BCUT2D eigenvalue weighted by molar-refractivity contribution is 0.262. The molecule has 8 heteroatoms. The molecule has 2 heterocycles. The zero-order chi connectivity index (χ0) is 17.3. The summed E-state index contributed by atoms with van der Waals surface area (Å²) in [6, 6.07) is 6.96. The topological polar surface area (TPSA) is 75.5 Å². The number of fused-ring (bicyclic) bond motifs is 1. The highest BCUT2D eigenvalue weighted by molar-refractivity contribution is 6.00. The van der Waals surface area contributed by atoms with Crippen molar-refractivity contribution < 1.29 is 13.6 Å². The van der Waals surface area contributed by atoms with E-state index in [2.05, 4.69) is 15.6 Å². The molecule has 2 amide bonds. The van der Waals surface area contributed by atoms with Gasteiger partial charge in [-0.05, 0) is 31.2 Å². The van der Waals surface area contributed by atoms with Crippen molar-refractivity contribution in [1.29, 1.82) is 0 Å². The number of nitrogens with one attached hydrogen (secondary N) is 2. The summed E-state index contributed by atoms with van der Waals surface area (Å²) in [6.45, 7) is 1.57. The Bertz CT molecular complexity index is 1000. The van der Waals surface area contributed by atoms with Gasteiger partial charge >= 0.3 is 6.03 Å². The van der Waals surface area contributed by atoms with Crippen molar-refractivity contribution in [2.24, 2.45) is 0 Å². The molecule has 1 aromatic carbocycles. The summed E-state index contributed by atoms with van der Waals surface area (Å²) in [7, 11) is 0. The van der Waals surface area contributed by atoms with Gasteiger partial charge in [0, 0.05) is 12.3 Å². The Hall–Kier alpha value is -3.29. The van der Waals surface area contributed by atoms with Crippen LogP contribution >= 0.6 is 0 Å². The molecule has 122 valence electrons. The number of hydrogen-bond donors (Lipinski definition) is 2. The van der Waals surface area contributed by atoms with Crippen molar-refractivity contribution in [1.82, 2.24) is 9.38 Å². The van der Waals surface area contributed by atoms with Gasteiger partial charge in [0.1, 0.15) is 23.0 Å². The average Bonchev–Trinajstić information content (AvgIpc) is 2.54. The number of carbonyl (C=O) groups is 1. The van der Waals surface area contributed by atoms with E-state index in [1.165, 1.54) is 10.6 Å². The Morgan fingerprint density at radius 1 is 1.17 bits per heavy atom. The molecule has 0 spiro atoms. The SMILES string of the molecule is Cc1nc2ccccn2c(=O)c1NC(=O)Nc1ccc(F)cc1F. The number of rotatable bonds is 2. The minimum Gasteiger partial charge on any atom is -0.305 e. The number of benzene rings is 1. The number of nitrogens with zero attached hydrogens (tertiary/aromatic N) is 2. The summed E-state index contributed by atoms with van der Waals surface area (Å²) in [5.74, 6) is -1.68. The number of anilines is 2. The lowest BCUT2D eigenvalue weighted by atomic mass is 10.3. The number of aromatic nitrogens is 2. The first-order chi connectivity index (χ1) is 11.5. The van der Waals surface area contributed by atoms with Gasteiger partial charge < -0.3 is 10.6 Å². The van der Waals surface area contributed by atoms with E-state index in [0.29, 0.717) is 17.4 Å². The largest absolute Gasteiger partial charge is 0.323 e. The van der Waals surface area contributed by atoms with Gasteiger partial charge in [0.25, 0.3) is 5.56 Å². The van der Waals surface area contributed by atoms with Gasteiger partial charge in [0.05, 0.1) is 11.4 Å². The summed E-state index contributed by atoms with van der Waals surface area (Å²) < 4.78 is 27.7. The first-order valence-electron chi connectivity index (χ1n) is 6.97. The predicted molar refractivity (Wildman–Crippen MR) is 85.2 cm³/mol. The highest BCUT2D eigenvalue weighted by Gasteiger charge is 2.14. The van der Waals surface area contributed by atoms with Crippen LogP contribution in [-0.2, 0) is 0 Å². The molecule has 3 aromatic rings. The lowest BCUT2D eigenvalue weighted by Crippen LogP contribution is -2.28. The second kappa shape index (κ2) is 6.07. The number of hydrogen-bond acceptors (Lipinski definition) is 3. The van der Waals surface area contributed by atoms with E-state index in [1.54, 1.807) is 25.1 Å². The normalized spacial score (nSPS) is 10.6. The second-order valence-corrected chi connectivity index (χ2v) is 5.01. The fourth-order valence-electron chi connectivity index (χ4n) is 2.20. The minimum absolute atomic E-state index is 0.0290. The second-order valence-electron chi connectivity index (χ2n) is 5.01. The maximum Gasteiger partial charge on any atom is 0.323 e. The molecule has 0 unspecified atom stereocenters. The first-order valence-corrected chi connectivity index (χ1v) is 6.97. The van der Waals surface area contributed by atoms with E-state index in [9.17, 15) is 18.4 Å². The van der Waals surface area contributed by atoms with Gasteiger partial charge in [0.15, 0.2) is 0 Å². The minimum atomic E-state index is -0.921. The van der Waals surface area contributed by atoms with E-state index >= 15 is 0 Å². The zero-order valence-electron chi connectivity index (χ0n) is 12.5. The van der Waals surface area contributed by atoms with E-state index in [4.69, 9.17) is 0 Å². The monoisotopic (exact) mass is 330 g/mol. The summed E-state index contributed by atoms with van der Waals surface area (Å²) >= 11 is 0. The summed E-state index contributed by atoms with van der Waals surface area (Å²) in [6.07, 6.45) is 1.52. The van der Waals surface area contributed by atoms with E-state index in [1.807, 2.05) is 0 Å². The average molecular weight is 330 g/mol. The van der Waals surface area contributed by atoms with Gasteiger partial charge in [-0.25, -0.2) is 18.6 Å². The highest BCUT2D eigenvalue weighted by Crippen LogP contribution is 2.15. The first kappa shape index (κ1) is 15.6. The molecule has 0 radical (unpaired) electrons. The molecule has 0 aliphatic rings. The summed E-state index contributed by atoms with van der Waals surface area (Å²) in [5.41, 5.74) is 0.0587. The third-order valence-corrected chi connectivity index (χ3v) is 3.33. The standard InChI is InChI=1S/C16H12F2N4O2/c1-9-14(15(23)22-7-3-2-4-13(22)19-9)21-16(24)20-12-6-5-10(17)8-11(12)18/h2-8H,1H3,(H2,20,21,24). The fraction of sp³-hybridized carbons (Fsp3) is 0.0625. The van der Waals surface area contributed by atoms with Gasteiger partial charge in [0.2, 0.25) is 0 Å². The van der Waals surface area contributed by atoms with Gasteiger partial charge in [-0.3, -0.25) is 9.20 Å². The molecule has 0 fully saturated rings. The smallest absolute Gasteiger partial charge is 0.305 e. The van der Waals surface area contributed by atoms with Crippen LogP contribution in [0.3, 0.4) is 0 Å². The Labute approximate surface area is 134 Å². The van der Waals surface area contributed by atoms with E-state index < -0.39 is 23.2 Å². The Kier molecular flexibility index (Phi) is 3.95. The highest BCUT2D eigenvalue weighted by atomic mass is 19.1. The molecule has 0 saturated carbocycles. The van der Waals surface area contributed by atoms with Crippen molar-refractivity contribution in [2.75, 3.05) is 10.6 Å². The van der Waals surface area contributed by atoms with Crippen LogP contribution in [0, 0.1) is 18.6 Å². The Morgan fingerprint density at radius 2 is 1.96 bits per heavy atom. The molecule has 0 saturated heterocycles. The molecule has 6 nitrogen and oxygen atoms in total. The van der Waals surface area contributed by atoms with Crippen molar-refractivity contribution in [3.05, 3.63) is 70.3 Å². The van der Waals surface area contributed by atoms with Crippen molar-refractivity contribution >= 4 is 23.1 Å². The van der Waals surface area contributed by atoms with E-state index in [0.717, 1.165) is 12.1 Å². The number of urea groups is 1. The molecule has 24 heavy (non-hydrogen) atoms. The quantitative estimate of drug-likeness (QED) is 0.758. The van der Waals surface area contributed by atoms with Crippen LogP contribution in [0.2, 0.25) is 0 Å². The van der Waals surface area contributed by atoms with Crippen molar-refractivity contribution in [3.63, 3.8) is 0 Å². The summed E-state index contributed by atoms with van der Waals surface area (Å²) in [4.78, 5) is 28.6. The lowest BCUT2D eigenvalue weighted by Gasteiger charge is -2.11. The molecule has 2 N–H and O–H groups in total.